The van der Waals surface area contributed by atoms with Crippen LogP contribution >= 0.6 is 11.8 Å². The maximum Gasteiger partial charge on any atom is 0.251 e. The summed E-state index contributed by atoms with van der Waals surface area (Å²) in [5.74, 6) is 0.795. The Morgan fingerprint density at radius 2 is 1.84 bits per heavy atom. The Morgan fingerprint density at radius 1 is 1.12 bits per heavy atom. The summed E-state index contributed by atoms with van der Waals surface area (Å²) in [6.45, 7) is 4.39. The van der Waals surface area contributed by atoms with Crippen LogP contribution < -0.4 is 14.8 Å². The molecular formula is C22H27N3O5S2. The Kier molecular flexibility index (Phi) is 6.64. The number of benzene rings is 1. The van der Waals surface area contributed by atoms with E-state index in [0.717, 1.165) is 25.7 Å². The Labute approximate surface area is 192 Å². The number of hydrogen-bond acceptors (Lipinski definition) is 7. The fraction of sp³-hybridized carbons (Fsp3) is 0.455. The second kappa shape index (κ2) is 9.29. The lowest BCUT2D eigenvalue weighted by Gasteiger charge is -2.21. The van der Waals surface area contributed by atoms with E-state index in [9.17, 15) is 13.2 Å². The van der Waals surface area contributed by atoms with Crippen molar-refractivity contribution >= 4 is 33.4 Å². The third-order valence-electron chi connectivity index (χ3n) is 5.59. The Hall–Kier alpha value is -2.30. The molecule has 1 saturated carbocycles. The van der Waals surface area contributed by atoms with E-state index in [1.54, 1.807) is 32.0 Å². The second-order valence-corrected chi connectivity index (χ2v) is 10.7. The summed E-state index contributed by atoms with van der Waals surface area (Å²) in [6.07, 6.45) is 5.27. The van der Waals surface area contributed by atoms with Crippen molar-refractivity contribution in [3.8, 4) is 11.5 Å². The minimum absolute atomic E-state index is 0.146. The largest absolute Gasteiger partial charge is 0.448 e. The van der Waals surface area contributed by atoms with Crippen molar-refractivity contribution in [1.29, 1.82) is 0 Å². The average molecular weight is 478 g/mol. The molecule has 0 radical (unpaired) electrons. The minimum Gasteiger partial charge on any atom is -0.448 e. The predicted octanol–water partition coefficient (Wildman–Crippen LogP) is 3.88. The molecule has 2 aliphatic rings. The van der Waals surface area contributed by atoms with E-state index in [-0.39, 0.29) is 16.6 Å². The van der Waals surface area contributed by atoms with E-state index in [4.69, 9.17) is 9.47 Å². The third kappa shape index (κ3) is 4.72. The molecule has 0 bridgehead atoms. The summed E-state index contributed by atoms with van der Waals surface area (Å²) in [5.41, 5.74) is 0.640. The van der Waals surface area contributed by atoms with Crippen LogP contribution in [0.5, 0.6) is 11.5 Å². The van der Waals surface area contributed by atoms with E-state index >= 15 is 0 Å². The van der Waals surface area contributed by atoms with Gasteiger partial charge >= 0.3 is 0 Å². The molecule has 1 N–H and O–H groups in total. The lowest BCUT2D eigenvalue weighted by atomic mass is 10.2. The van der Waals surface area contributed by atoms with Gasteiger partial charge in [0.2, 0.25) is 15.9 Å². The molecule has 32 heavy (non-hydrogen) atoms. The molecule has 1 spiro atoms. The molecular weight excluding hydrogens is 450 g/mol. The number of nitrogens with zero attached hydrogens (tertiary/aromatic N) is 2. The normalized spacial score (nSPS) is 16.6. The number of anilines is 1. The first-order chi connectivity index (χ1) is 15.3. The van der Waals surface area contributed by atoms with Gasteiger partial charge in [-0.1, -0.05) is 25.6 Å². The molecule has 1 fully saturated rings. The first kappa shape index (κ1) is 22.9. The van der Waals surface area contributed by atoms with Crippen molar-refractivity contribution in [1.82, 2.24) is 9.29 Å². The molecule has 8 nitrogen and oxygen atoms in total. The number of aromatic nitrogens is 1. The van der Waals surface area contributed by atoms with Gasteiger partial charge in [-0.3, -0.25) is 4.79 Å². The number of ether oxygens (including phenoxy) is 2. The predicted molar refractivity (Wildman–Crippen MR) is 123 cm³/mol. The van der Waals surface area contributed by atoms with Crippen molar-refractivity contribution in [2.45, 2.75) is 55.2 Å². The van der Waals surface area contributed by atoms with Crippen molar-refractivity contribution in [3.05, 3.63) is 36.5 Å². The quantitative estimate of drug-likeness (QED) is 0.576. The molecule has 1 amide bonds. The molecule has 0 saturated heterocycles. The molecule has 1 aromatic heterocycles. The third-order valence-corrected chi connectivity index (χ3v) is 8.57. The fourth-order valence-electron chi connectivity index (χ4n) is 3.94. The highest BCUT2D eigenvalue weighted by atomic mass is 32.2. The van der Waals surface area contributed by atoms with E-state index in [2.05, 4.69) is 10.3 Å². The number of pyridine rings is 1. The molecule has 1 aromatic carbocycles. The summed E-state index contributed by atoms with van der Waals surface area (Å²) in [5, 5.41) is 3.44. The highest BCUT2D eigenvalue weighted by Crippen LogP contribution is 2.47. The molecule has 1 aliphatic heterocycles. The molecule has 2 aromatic rings. The summed E-state index contributed by atoms with van der Waals surface area (Å²) in [7, 11) is -3.54. The fourth-order valence-corrected chi connectivity index (χ4v) is 5.99. The van der Waals surface area contributed by atoms with Crippen LogP contribution in [0.3, 0.4) is 0 Å². The van der Waals surface area contributed by atoms with Crippen molar-refractivity contribution < 1.29 is 22.7 Å². The number of hydrogen-bond donors (Lipinski definition) is 1. The monoisotopic (exact) mass is 477 g/mol. The van der Waals surface area contributed by atoms with Gasteiger partial charge in [0.25, 0.3) is 5.79 Å². The first-order valence-electron chi connectivity index (χ1n) is 10.8. The van der Waals surface area contributed by atoms with Crippen LogP contribution in [0.25, 0.3) is 0 Å². The Bertz CT molecular complexity index is 1080. The summed E-state index contributed by atoms with van der Waals surface area (Å²) >= 11 is 1.24. The van der Waals surface area contributed by atoms with Gasteiger partial charge in [0.05, 0.1) is 10.8 Å². The SMILES string of the molecule is CCN(CC)S(=O)(=O)c1ccc(SCC(=O)Nc2ccc3c(c2)OC2(CCCC2)O3)nc1. The molecule has 2 heterocycles. The molecule has 0 unspecified atom stereocenters. The molecule has 172 valence electrons. The van der Waals surface area contributed by atoms with E-state index in [1.807, 2.05) is 6.07 Å². The van der Waals surface area contributed by atoms with Crippen LogP contribution in [0.2, 0.25) is 0 Å². The topological polar surface area (TPSA) is 97.8 Å². The average Bonchev–Trinajstić information content (AvgIpc) is 3.38. The zero-order chi connectivity index (χ0) is 22.8. The van der Waals surface area contributed by atoms with E-state index in [1.165, 1.54) is 28.3 Å². The minimum atomic E-state index is -3.54. The number of carbonyl (C=O) groups excluding carboxylic acids is 1. The molecule has 10 heteroatoms. The van der Waals surface area contributed by atoms with Crippen LogP contribution in [0, 0.1) is 0 Å². The zero-order valence-corrected chi connectivity index (χ0v) is 19.8. The highest BCUT2D eigenvalue weighted by Gasteiger charge is 2.44. The number of amides is 1. The smallest absolute Gasteiger partial charge is 0.251 e. The van der Waals surface area contributed by atoms with Crippen LogP contribution in [0.1, 0.15) is 39.5 Å². The van der Waals surface area contributed by atoms with Gasteiger partial charge in [-0.05, 0) is 37.1 Å². The number of carbonyl (C=O) groups is 1. The number of thioether (sulfide) groups is 1. The van der Waals surface area contributed by atoms with Gasteiger partial charge in [0.1, 0.15) is 4.90 Å². The highest BCUT2D eigenvalue weighted by molar-refractivity contribution is 7.99. The standard InChI is InChI=1S/C22H27N3O5S2/c1-3-25(4-2)32(27,28)17-8-10-21(23-14-17)31-15-20(26)24-16-7-9-18-19(13-16)30-22(29-18)11-5-6-12-22/h7-10,13-14H,3-6,11-12,15H2,1-2H3,(H,24,26). The number of rotatable bonds is 8. The maximum atomic E-state index is 12.5. The van der Waals surface area contributed by atoms with Crippen LogP contribution in [-0.4, -0.2) is 48.2 Å². The number of sulfonamides is 1. The van der Waals surface area contributed by atoms with Gasteiger partial charge in [-0.2, -0.15) is 4.31 Å². The van der Waals surface area contributed by atoms with E-state index in [0.29, 0.717) is 35.3 Å². The van der Waals surface area contributed by atoms with Crippen molar-refractivity contribution in [3.63, 3.8) is 0 Å². The van der Waals surface area contributed by atoms with Gasteiger partial charge in [-0.25, -0.2) is 13.4 Å². The van der Waals surface area contributed by atoms with Crippen molar-refractivity contribution in [2.75, 3.05) is 24.2 Å². The Balaban J connectivity index is 1.32. The Morgan fingerprint density at radius 3 is 2.50 bits per heavy atom. The van der Waals surface area contributed by atoms with Gasteiger partial charge < -0.3 is 14.8 Å². The van der Waals surface area contributed by atoms with Gasteiger partial charge in [0.15, 0.2) is 11.5 Å². The van der Waals surface area contributed by atoms with Crippen molar-refractivity contribution in [2.24, 2.45) is 0 Å². The number of nitrogens with one attached hydrogen (secondary N) is 1. The van der Waals surface area contributed by atoms with Gasteiger partial charge in [-0.15, -0.1) is 0 Å². The maximum absolute atomic E-state index is 12.5. The van der Waals surface area contributed by atoms with Crippen LogP contribution in [-0.2, 0) is 14.8 Å². The lowest BCUT2D eigenvalue weighted by Crippen LogP contribution is -2.34. The summed E-state index contributed by atoms with van der Waals surface area (Å²) in [4.78, 5) is 16.7. The molecule has 4 rings (SSSR count). The molecule has 1 aliphatic carbocycles. The molecule has 0 atom stereocenters. The summed E-state index contributed by atoms with van der Waals surface area (Å²) < 4.78 is 38.5. The van der Waals surface area contributed by atoms with Crippen LogP contribution in [0.4, 0.5) is 5.69 Å². The first-order valence-corrected chi connectivity index (χ1v) is 13.2. The second-order valence-electron chi connectivity index (χ2n) is 7.74. The lowest BCUT2D eigenvalue weighted by molar-refractivity contribution is -0.113. The van der Waals surface area contributed by atoms with Crippen LogP contribution in [0.15, 0.2) is 46.5 Å². The van der Waals surface area contributed by atoms with Gasteiger partial charge in [0, 0.05) is 43.9 Å². The summed E-state index contributed by atoms with van der Waals surface area (Å²) in [6, 6.07) is 8.55. The van der Waals surface area contributed by atoms with E-state index < -0.39 is 15.8 Å². The zero-order valence-electron chi connectivity index (χ0n) is 18.2. The number of fused-ring (bicyclic) bond motifs is 1.